The van der Waals surface area contributed by atoms with Gasteiger partial charge in [-0.3, -0.25) is 0 Å². The molecule has 0 aliphatic rings. The molecule has 9 nitrogen and oxygen atoms in total. The second kappa shape index (κ2) is 13.8. The van der Waals surface area contributed by atoms with Crippen molar-refractivity contribution in [1.82, 2.24) is 9.96 Å². The topological polar surface area (TPSA) is 88.7 Å². The Balaban J connectivity index is 4.37. The van der Waals surface area contributed by atoms with Crippen molar-refractivity contribution in [3.8, 4) is 0 Å². The second-order valence-electron chi connectivity index (χ2n) is 7.77. The average molecular weight is 489 g/mol. The molecule has 0 aliphatic heterocycles. The lowest BCUT2D eigenvalue weighted by atomic mass is 10.5. The van der Waals surface area contributed by atoms with Gasteiger partial charge in [0.15, 0.2) is 0 Å². The minimum atomic E-state index is -2.50. The third-order valence-corrected chi connectivity index (χ3v) is 16.7. The van der Waals surface area contributed by atoms with Gasteiger partial charge in [-0.25, -0.2) is 0 Å². The molecule has 176 valence electrons. The Bertz CT molecular complexity index is 385. The van der Waals surface area contributed by atoms with Crippen molar-refractivity contribution in [3.63, 3.8) is 0 Å². The third kappa shape index (κ3) is 11.1. The van der Waals surface area contributed by atoms with E-state index in [0.29, 0.717) is 0 Å². The van der Waals surface area contributed by atoms with Crippen molar-refractivity contribution in [2.75, 3.05) is 55.7 Å². The SMILES string of the molecule is CO[Si](CCCN[Si](C)(C)O[Si](C)(C)NCCC[Si](OC)(OC)OC)(OC)OC. The van der Waals surface area contributed by atoms with Crippen LogP contribution in [0.25, 0.3) is 0 Å². The van der Waals surface area contributed by atoms with Crippen LogP contribution in [0, 0.1) is 0 Å². The van der Waals surface area contributed by atoms with E-state index in [0.717, 1.165) is 38.0 Å². The summed E-state index contributed by atoms with van der Waals surface area (Å²) >= 11 is 0. The molecule has 0 aliphatic carbocycles. The minimum Gasteiger partial charge on any atom is -0.433 e. The van der Waals surface area contributed by atoms with Crippen LogP contribution in [0.2, 0.25) is 38.3 Å². The summed E-state index contributed by atoms with van der Waals surface area (Å²) in [5.74, 6) is 0. The molecule has 13 heteroatoms. The molecule has 0 aromatic heterocycles. The summed E-state index contributed by atoms with van der Waals surface area (Å²) in [6, 6.07) is 1.55. The maximum absolute atomic E-state index is 6.54. The van der Waals surface area contributed by atoms with Crippen LogP contribution in [0.15, 0.2) is 0 Å². The Morgan fingerprint density at radius 2 is 0.793 bits per heavy atom. The minimum absolute atomic E-state index is 0.775. The Hall–Kier alpha value is 0.508. The van der Waals surface area contributed by atoms with Gasteiger partial charge in [0.2, 0.25) is 0 Å². The number of nitrogens with one attached hydrogen (secondary N) is 2. The Labute approximate surface area is 182 Å². The highest BCUT2D eigenvalue weighted by atomic mass is 28.4. The summed E-state index contributed by atoms with van der Waals surface area (Å²) in [4.78, 5) is 7.23. The molecule has 0 saturated carbocycles. The van der Waals surface area contributed by atoms with Gasteiger partial charge in [0, 0.05) is 54.7 Å². The first kappa shape index (κ1) is 29.5. The second-order valence-corrected chi connectivity index (χ2v) is 21.5. The zero-order valence-corrected chi connectivity index (χ0v) is 24.1. The van der Waals surface area contributed by atoms with Crippen LogP contribution in [0.4, 0.5) is 0 Å². The third-order valence-electron chi connectivity index (χ3n) is 4.80. The maximum Gasteiger partial charge on any atom is 0.500 e. The summed E-state index contributed by atoms with van der Waals surface area (Å²) in [7, 11) is 0.852. The van der Waals surface area contributed by atoms with Gasteiger partial charge in [0.05, 0.1) is 0 Å². The van der Waals surface area contributed by atoms with E-state index in [-0.39, 0.29) is 0 Å². The fourth-order valence-corrected chi connectivity index (χ4v) is 13.9. The lowest BCUT2D eigenvalue weighted by Gasteiger charge is -2.35. The first-order valence-corrected chi connectivity index (χ1v) is 19.7. The van der Waals surface area contributed by atoms with Crippen molar-refractivity contribution in [1.29, 1.82) is 0 Å². The molecule has 0 radical (unpaired) electrons. The molecule has 0 fully saturated rings. The highest BCUT2D eigenvalue weighted by Crippen LogP contribution is 2.17. The molecule has 2 N–H and O–H groups in total. The zero-order valence-electron chi connectivity index (χ0n) is 20.1. The number of hydrogen-bond donors (Lipinski definition) is 2. The molecule has 0 spiro atoms. The van der Waals surface area contributed by atoms with E-state index in [4.69, 9.17) is 30.7 Å². The maximum atomic E-state index is 6.54. The molecule has 0 aromatic rings. The predicted molar refractivity (Wildman–Crippen MR) is 124 cm³/mol. The Kier molecular flexibility index (Phi) is 14.1. The van der Waals surface area contributed by atoms with E-state index in [1.54, 1.807) is 42.7 Å². The molecule has 0 atom stereocenters. The average Bonchev–Trinajstić information content (AvgIpc) is 2.68. The van der Waals surface area contributed by atoms with E-state index in [9.17, 15) is 0 Å². The zero-order chi connectivity index (χ0) is 22.6. The fraction of sp³-hybridized carbons (Fsp3) is 1.00. The molecule has 0 amide bonds. The van der Waals surface area contributed by atoms with Crippen LogP contribution in [0.3, 0.4) is 0 Å². The van der Waals surface area contributed by atoms with E-state index in [1.165, 1.54) is 0 Å². The summed E-state index contributed by atoms with van der Waals surface area (Å²) in [6.07, 6.45) is 1.82. The largest absolute Gasteiger partial charge is 0.500 e. The Morgan fingerprint density at radius 1 is 0.517 bits per heavy atom. The normalized spacial score (nSPS) is 13.9. The summed E-state index contributed by atoms with van der Waals surface area (Å²) in [5.41, 5.74) is 0. The first-order valence-electron chi connectivity index (χ1n) is 10.00. The van der Waals surface area contributed by atoms with Gasteiger partial charge in [0.25, 0.3) is 17.0 Å². The van der Waals surface area contributed by atoms with Gasteiger partial charge < -0.3 is 40.6 Å². The quantitative estimate of drug-likeness (QED) is 0.222. The van der Waals surface area contributed by atoms with Gasteiger partial charge in [0.1, 0.15) is 0 Å². The highest BCUT2D eigenvalue weighted by molar-refractivity contribution is 6.82. The highest BCUT2D eigenvalue weighted by Gasteiger charge is 2.39. The van der Waals surface area contributed by atoms with Gasteiger partial charge >= 0.3 is 17.6 Å². The fourth-order valence-electron chi connectivity index (χ4n) is 3.21. The molecule has 0 saturated heterocycles. The molecular weight excluding hydrogens is 445 g/mol. The van der Waals surface area contributed by atoms with Crippen molar-refractivity contribution < 1.29 is 30.7 Å². The Morgan fingerprint density at radius 3 is 1.03 bits per heavy atom. The van der Waals surface area contributed by atoms with Gasteiger partial charge in [-0.15, -0.1) is 0 Å². The van der Waals surface area contributed by atoms with E-state index < -0.39 is 34.6 Å². The van der Waals surface area contributed by atoms with Crippen LogP contribution < -0.4 is 9.96 Å². The molecule has 0 aromatic carbocycles. The van der Waals surface area contributed by atoms with Crippen LogP contribution >= 0.6 is 0 Å². The molecule has 0 bridgehead atoms. The van der Waals surface area contributed by atoms with Crippen molar-refractivity contribution >= 4 is 34.6 Å². The molecule has 29 heavy (non-hydrogen) atoms. The van der Waals surface area contributed by atoms with E-state index >= 15 is 0 Å². The van der Waals surface area contributed by atoms with Gasteiger partial charge in [-0.05, 0) is 52.1 Å². The van der Waals surface area contributed by atoms with Crippen molar-refractivity contribution in [3.05, 3.63) is 0 Å². The first-order chi connectivity index (χ1) is 13.5. The molecule has 0 rings (SSSR count). The number of hydrogen-bond acceptors (Lipinski definition) is 9. The van der Waals surface area contributed by atoms with Crippen LogP contribution in [0.1, 0.15) is 12.8 Å². The summed E-state index contributed by atoms with van der Waals surface area (Å²) in [6.45, 7) is 10.5. The van der Waals surface area contributed by atoms with Gasteiger partial charge in [-0.2, -0.15) is 0 Å². The van der Waals surface area contributed by atoms with Crippen molar-refractivity contribution in [2.45, 2.75) is 51.1 Å². The van der Waals surface area contributed by atoms with E-state index in [2.05, 4.69) is 36.2 Å². The molecule has 0 unspecified atom stereocenters. The lowest BCUT2D eigenvalue weighted by Crippen LogP contribution is -2.60. The molecular formula is C16H44N2O7Si4. The predicted octanol–water partition coefficient (Wildman–Crippen LogP) is 2.12. The summed E-state index contributed by atoms with van der Waals surface area (Å²) in [5, 5.41) is 0. The lowest BCUT2D eigenvalue weighted by molar-refractivity contribution is 0.122. The summed E-state index contributed by atoms with van der Waals surface area (Å²) < 4.78 is 39.4. The van der Waals surface area contributed by atoms with Crippen LogP contribution in [0.5, 0.6) is 0 Å². The van der Waals surface area contributed by atoms with Crippen molar-refractivity contribution in [2.24, 2.45) is 0 Å². The standard InChI is InChI=1S/C16H44N2O7Si4/c1-19-28(20-2,21-3)15-11-13-17-26(7,8)25-27(9,10)18-14-12-16-29(22-4,23-5)24-6/h17-18H,11-16H2,1-10H3. The van der Waals surface area contributed by atoms with Crippen LogP contribution in [-0.2, 0) is 30.7 Å². The molecule has 0 heterocycles. The monoisotopic (exact) mass is 488 g/mol. The smallest absolute Gasteiger partial charge is 0.433 e. The van der Waals surface area contributed by atoms with Crippen LogP contribution in [-0.4, -0.2) is 90.3 Å². The van der Waals surface area contributed by atoms with Gasteiger partial charge in [-0.1, -0.05) is 0 Å². The number of rotatable bonds is 18. The van der Waals surface area contributed by atoms with E-state index in [1.807, 2.05) is 0 Å².